The molecule has 2 aromatic heterocycles. The molecular weight excluding hydrogens is 937 g/mol. The topological polar surface area (TPSA) is 193 Å². The van der Waals surface area contributed by atoms with Crippen LogP contribution in [0.3, 0.4) is 0 Å². The van der Waals surface area contributed by atoms with E-state index in [1.165, 1.54) is 5.56 Å². The van der Waals surface area contributed by atoms with Crippen molar-refractivity contribution in [1.29, 1.82) is 0 Å². The van der Waals surface area contributed by atoms with Crippen LogP contribution in [0.25, 0.3) is 12.2 Å². The Hall–Kier alpha value is -3.27. The number of aliphatic hydroxyl groups excluding tert-OH is 4. The highest BCUT2D eigenvalue weighted by Gasteiger charge is 2.46. The summed E-state index contributed by atoms with van der Waals surface area (Å²) in [5, 5.41) is 45.4. The number of ketones is 2. The first kappa shape index (κ1) is 58.6. The highest BCUT2D eigenvalue weighted by molar-refractivity contribution is 8.00. The van der Waals surface area contributed by atoms with Crippen molar-refractivity contribution in [2.45, 2.75) is 201 Å². The number of cyclic esters (lactones) is 2. The Kier molecular flexibility index (Phi) is 21.3. The van der Waals surface area contributed by atoms with Gasteiger partial charge in [-0.25, -0.2) is 4.98 Å². The fourth-order valence-electron chi connectivity index (χ4n) is 10.7. The van der Waals surface area contributed by atoms with Gasteiger partial charge < -0.3 is 29.9 Å². The van der Waals surface area contributed by atoms with Gasteiger partial charge in [-0.1, -0.05) is 106 Å². The van der Waals surface area contributed by atoms with Crippen molar-refractivity contribution in [2.24, 2.45) is 58.2 Å². The summed E-state index contributed by atoms with van der Waals surface area (Å²) in [6, 6.07) is 4.04. The average molecular weight is 1020 g/mol. The van der Waals surface area contributed by atoms with Gasteiger partial charge in [0.05, 0.1) is 59.5 Å². The van der Waals surface area contributed by atoms with E-state index in [1.54, 1.807) is 64.6 Å². The summed E-state index contributed by atoms with van der Waals surface area (Å²) >= 11 is 3.20. The number of nitrogens with zero attached hydrogens (tertiary/aromatic N) is 2. The molecule has 0 radical (unpaired) electrons. The van der Waals surface area contributed by atoms with Crippen molar-refractivity contribution in [3.63, 3.8) is 0 Å². The molecule has 4 fully saturated rings. The number of ether oxygens (including phenoxy) is 2. The second kappa shape index (κ2) is 25.8. The van der Waals surface area contributed by atoms with Gasteiger partial charge in [0.2, 0.25) is 0 Å². The van der Waals surface area contributed by atoms with Gasteiger partial charge in [-0.3, -0.25) is 24.2 Å². The number of hydrogen-bond acceptors (Lipinski definition) is 14. The second-order valence-electron chi connectivity index (χ2n) is 22.9. The number of carbonyl (C=O) groups excluding carboxylic acids is 4. The maximum atomic E-state index is 13.2. The van der Waals surface area contributed by atoms with Gasteiger partial charge in [0.1, 0.15) is 28.1 Å². The number of rotatable bonds is 6. The van der Waals surface area contributed by atoms with Crippen molar-refractivity contribution >= 4 is 58.8 Å². The van der Waals surface area contributed by atoms with Gasteiger partial charge in [-0.05, 0) is 135 Å². The van der Waals surface area contributed by atoms with Crippen molar-refractivity contribution in [1.82, 2.24) is 9.97 Å². The van der Waals surface area contributed by atoms with Gasteiger partial charge in [0.25, 0.3) is 0 Å². The molecule has 2 saturated carbocycles. The Morgan fingerprint density at radius 1 is 0.690 bits per heavy atom. The summed E-state index contributed by atoms with van der Waals surface area (Å²) in [6.45, 7) is 20.1. The molecule has 2 aliphatic heterocycles. The van der Waals surface area contributed by atoms with Crippen molar-refractivity contribution in [2.75, 3.05) is 6.26 Å². The zero-order chi connectivity index (χ0) is 52.5. The SMILES string of the molecule is CCc1ccc(/C=C(\C)[C@@H]2C[C@@H]3C[C@H]3CCC[C@H](C)[C@H](O)[C@@H](C)C(=O)C(C)(C)[C@@H](O)CC(=O)O2)nc1.CSc1nc(/C=C(\C)[C@@H]2C[C@@H]3C[C@H]3CCC[C@H](C)[C@H](O)[C@@H](C)C(=O)C(C)(C)[C@@H](O)CC(=O)O2)cs1. The van der Waals surface area contributed by atoms with E-state index in [9.17, 15) is 39.6 Å². The molecule has 14 heteroatoms. The summed E-state index contributed by atoms with van der Waals surface area (Å²) in [4.78, 5) is 61.4. The lowest BCUT2D eigenvalue weighted by atomic mass is 9.73. The average Bonchev–Trinajstić information content (AvgIpc) is 4.22. The molecule has 2 aliphatic carbocycles. The van der Waals surface area contributed by atoms with Crippen LogP contribution < -0.4 is 0 Å². The molecule has 0 aromatic carbocycles. The highest BCUT2D eigenvalue weighted by atomic mass is 32.2. The summed E-state index contributed by atoms with van der Waals surface area (Å²) in [7, 11) is 0. The molecule has 6 rings (SSSR count). The standard InChI is InChI=1S/C30H45NO5.C27H41NO5S2/c1-7-21-11-12-24(31-17-21)13-19(3)25-15-23-14-22(23)10-8-9-18(2)28(34)20(4)29(35)30(5,6)26(32)16-27(33)36-25;1-15-8-7-9-18-11-19(18)12-21(16(2)10-20-14-35-26(28-20)34-6)33-23(30)13-22(29)27(4,5)25(32)17(3)24(15)31/h11-13,17-18,20,22-23,25-26,28,32,34H,7-10,14-16H2,1-6H3;10,14-15,17-19,21-22,24,29,31H,7-9,11-13H2,1-6H3/b19-13+;16-10+/t18-,20+,22+,23-,25-,26-,28-;15-,17+,18+,19-,21-,22-,24-/m00/s1. The van der Waals surface area contributed by atoms with Gasteiger partial charge in [-0.15, -0.1) is 11.3 Å². The molecule has 0 unspecified atom stereocenters. The molecule has 0 spiro atoms. The van der Waals surface area contributed by atoms with Crippen LogP contribution in [0.2, 0.25) is 0 Å². The molecular formula is C57H86N2O10S2. The molecule has 0 amide bonds. The van der Waals surface area contributed by atoms with Crippen molar-refractivity contribution in [3.8, 4) is 0 Å². The summed E-state index contributed by atoms with van der Waals surface area (Å²) < 4.78 is 12.8. The third kappa shape index (κ3) is 16.1. The molecule has 71 heavy (non-hydrogen) atoms. The number of aryl methyl sites for hydroxylation is 1. The molecule has 4 aliphatic rings. The van der Waals surface area contributed by atoms with Crippen LogP contribution in [0.5, 0.6) is 0 Å². The Bertz CT molecular complexity index is 2170. The summed E-state index contributed by atoms with van der Waals surface area (Å²) in [5.41, 5.74) is 2.38. The molecule has 4 heterocycles. The number of thiazole rings is 1. The molecule has 12 nitrogen and oxygen atoms in total. The number of aliphatic hydroxyl groups is 4. The van der Waals surface area contributed by atoms with E-state index in [0.29, 0.717) is 23.7 Å². The van der Waals surface area contributed by atoms with Crippen LogP contribution in [-0.2, 0) is 35.1 Å². The predicted octanol–water partition coefficient (Wildman–Crippen LogP) is 10.5. The second-order valence-corrected chi connectivity index (χ2v) is 24.8. The minimum atomic E-state index is -1.20. The van der Waals surface area contributed by atoms with E-state index in [4.69, 9.17) is 9.47 Å². The molecule has 396 valence electrons. The first-order valence-corrected chi connectivity index (χ1v) is 28.5. The minimum Gasteiger partial charge on any atom is -0.458 e. The Morgan fingerprint density at radius 2 is 1.14 bits per heavy atom. The zero-order valence-electron chi connectivity index (χ0n) is 44.7. The quantitative estimate of drug-likeness (QED) is 0.158. The predicted molar refractivity (Wildman–Crippen MR) is 282 cm³/mol. The van der Waals surface area contributed by atoms with Crippen LogP contribution in [0.4, 0.5) is 0 Å². The number of fused-ring (bicyclic) bond motifs is 2. The number of hydrogen-bond donors (Lipinski definition) is 4. The van der Waals surface area contributed by atoms with Crippen LogP contribution in [0, 0.1) is 58.2 Å². The fourth-order valence-corrected chi connectivity index (χ4v) is 11.9. The van der Waals surface area contributed by atoms with Crippen LogP contribution >= 0.6 is 23.1 Å². The number of Topliss-reactive ketones (excluding diaryl/α,β-unsaturated/α-hetero) is 2. The molecule has 2 saturated heterocycles. The van der Waals surface area contributed by atoms with E-state index < -0.39 is 65.1 Å². The van der Waals surface area contributed by atoms with Crippen LogP contribution in [-0.4, -0.2) is 96.8 Å². The fraction of sp³-hybridized carbons (Fsp3) is 0.719. The lowest BCUT2D eigenvalue weighted by Gasteiger charge is -2.34. The number of esters is 2. The van der Waals surface area contributed by atoms with Crippen LogP contribution in [0.1, 0.15) is 170 Å². The largest absolute Gasteiger partial charge is 0.458 e. The number of aromatic nitrogens is 2. The number of pyridine rings is 1. The van der Waals surface area contributed by atoms with Gasteiger partial charge in [-0.2, -0.15) is 0 Å². The first-order valence-electron chi connectivity index (χ1n) is 26.4. The Labute approximate surface area is 432 Å². The van der Waals surface area contributed by atoms with Gasteiger partial charge in [0.15, 0.2) is 0 Å². The highest BCUT2D eigenvalue weighted by Crippen LogP contribution is 2.48. The summed E-state index contributed by atoms with van der Waals surface area (Å²) in [6.07, 6.45) is 13.2. The van der Waals surface area contributed by atoms with E-state index in [2.05, 4.69) is 23.0 Å². The van der Waals surface area contributed by atoms with Crippen molar-refractivity contribution in [3.05, 3.63) is 51.8 Å². The van der Waals surface area contributed by atoms with E-state index >= 15 is 0 Å². The first-order chi connectivity index (χ1) is 33.4. The Balaban J connectivity index is 0.000000264. The third-order valence-corrected chi connectivity index (χ3v) is 18.4. The van der Waals surface area contributed by atoms with E-state index in [0.717, 1.165) is 97.5 Å². The van der Waals surface area contributed by atoms with Gasteiger partial charge >= 0.3 is 11.9 Å². The smallest absolute Gasteiger partial charge is 0.309 e. The summed E-state index contributed by atoms with van der Waals surface area (Å²) in [5.74, 6) is -0.518. The van der Waals surface area contributed by atoms with Crippen LogP contribution in [0.15, 0.2) is 39.2 Å². The third-order valence-electron chi connectivity index (χ3n) is 16.6. The van der Waals surface area contributed by atoms with E-state index in [1.807, 2.05) is 63.7 Å². The van der Waals surface area contributed by atoms with E-state index in [-0.39, 0.29) is 42.3 Å². The monoisotopic (exact) mass is 1020 g/mol. The zero-order valence-corrected chi connectivity index (χ0v) is 46.3. The number of carbonyl (C=O) groups is 4. The molecule has 2 aromatic rings. The van der Waals surface area contributed by atoms with Gasteiger partial charge in [0, 0.05) is 23.4 Å². The Morgan fingerprint density at radius 3 is 1.54 bits per heavy atom. The maximum Gasteiger partial charge on any atom is 0.309 e. The maximum absolute atomic E-state index is 13.2. The van der Waals surface area contributed by atoms with Crippen molar-refractivity contribution < 1.29 is 49.1 Å². The molecule has 14 atom stereocenters. The molecule has 4 N–H and O–H groups in total. The lowest BCUT2D eigenvalue weighted by Crippen LogP contribution is -2.45. The lowest BCUT2D eigenvalue weighted by molar-refractivity contribution is -0.156. The normalized spacial score (nSPS) is 34.9. The minimum absolute atomic E-state index is 0.000763. The number of thioether (sulfide) groups is 1. The molecule has 0 bridgehead atoms.